The number of ether oxygens (including phenoxy) is 1. The summed E-state index contributed by atoms with van der Waals surface area (Å²) in [7, 11) is 0. The van der Waals surface area contributed by atoms with Crippen molar-refractivity contribution in [2.75, 3.05) is 19.7 Å². The molecule has 17 heavy (non-hydrogen) atoms. The second kappa shape index (κ2) is 5.83. The highest BCUT2D eigenvalue weighted by Crippen LogP contribution is 2.29. The van der Waals surface area contributed by atoms with Crippen LogP contribution in [0.25, 0.3) is 0 Å². The van der Waals surface area contributed by atoms with Gasteiger partial charge in [0.15, 0.2) is 0 Å². The molecule has 0 aromatic heterocycles. The molecule has 1 aliphatic heterocycles. The molecule has 0 radical (unpaired) electrons. The summed E-state index contributed by atoms with van der Waals surface area (Å²) < 4.78 is 5.50. The Morgan fingerprint density at radius 3 is 2.65 bits per heavy atom. The Morgan fingerprint density at radius 2 is 2.18 bits per heavy atom. The van der Waals surface area contributed by atoms with Gasteiger partial charge in [-0.1, -0.05) is 0 Å². The van der Waals surface area contributed by atoms with Crippen molar-refractivity contribution in [1.82, 2.24) is 4.90 Å². The molecule has 2 N–H and O–H groups in total. The van der Waals surface area contributed by atoms with Crippen molar-refractivity contribution in [3.63, 3.8) is 0 Å². The lowest BCUT2D eigenvalue weighted by atomic mass is 9.89. The first-order valence-electron chi connectivity index (χ1n) is 6.86. The van der Waals surface area contributed by atoms with Gasteiger partial charge in [0.1, 0.15) is 0 Å². The van der Waals surface area contributed by atoms with E-state index in [1.807, 2.05) is 6.92 Å². The van der Waals surface area contributed by atoms with Gasteiger partial charge in [0.25, 0.3) is 0 Å². The van der Waals surface area contributed by atoms with E-state index in [4.69, 9.17) is 10.5 Å². The second-order valence-corrected chi connectivity index (χ2v) is 5.23. The van der Waals surface area contributed by atoms with Crippen molar-refractivity contribution in [3.8, 4) is 0 Å². The van der Waals surface area contributed by atoms with Crippen LogP contribution in [0, 0.1) is 5.92 Å². The average Bonchev–Trinajstić information content (AvgIpc) is 2.67. The third kappa shape index (κ3) is 2.80. The van der Waals surface area contributed by atoms with E-state index in [1.165, 1.54) is 6.42 Å². The molecule has 2 fully saturated rings. The molecule has 1 heterocycles. The van der Waals surface area contributed by atoms with Crippen molar-refractivity contribution in [1.29, 1.82) is 0 Å². The van der Waals surface area contributed by atoms with Crippen LogP contribution in [0.15, 0.2) is 0 Å². The highest BCUT2D eigenvalue weighted by Gasteiger charge is 2.37. The maximum atomic E-state index is 12.5. The molecule has 2 atom stereocenters. The van der Waals surface area contributed by atoms with Crippen molar-refractivity contribution in [3.05, 3.63) is 0 Å². The second-order valence-electron chi connectivity index (χ2n) is 5.23. The van der Waals surface area contributed by atoms with E-state index in [-0.39, 0.29) is 12.0 Å². The Hall–Kier alpha value is -0.610. The molecular formula is C13H24N2O2. The Bertz CT molecular complexity index is 266. The molecule has 1 aliphatic carbocycles. The van der Waals surface area contributed by atoms with E-state index in [1.54, 1.807) is 0 Å². The van der Waals surface area contributed by atoms with Crippen LogP contribution in [0.1, 0.15) is 39.0 Å². The van der Waals surface area contributed by atoms with Crippen LogP contribution in [0.3, 0.4) is 0 Å². The number of hydrogen-bond donors (Lipinski definition) is 1. The van der Waals surface area contributed by atoms with E-state index in [2.05, 4.69) is 4.90 Å². The Balaban J connectivity index is 1.95. The van der Waals surface area contributed by atoms with Gasteiger partial charge in [-0.15, -0.1) is 0 Å². The number of rotatable bonds is 5. The fraction of sp³-hybridized carbons (Fsp3) is 0.923. The molecule has 0 aromatic rings. The topological polar surface area (TPSA) is 55.6 Å². The molecule has 2 unspecified atom stereocenters. The number of amides is 1. The first-order chi connectivity index (χ1) is 8.24. The first-order valence-corrected chi connectivity index (χ1v) is 6.86. The molecule has 1 saturated heterocycles. The molecule has 1 saturated carbocycles. The molecule has 0 aromatic carbocycles. The van der Waals surface area contributed by atoms with E-state index in [9.17, 15) is 4.79 Å². The standard InChI is InChI=1S/C13H24N2O2/c1-10-12(6-9-17-10)13(16)15(8-3-7-14)11-4-2-5-11/h10-12H,2-9,14H2,1H3. The molecule has 98 valence electrons. The third-order valence-corrected chi connectivity index (χ3v) is 4.10. The zero-order chi connectivity index (χ0) is 12.3. The zero-order valence-corrected chi connectivity index (χ0v) is 10.7. The van der Waals surface area contributed by atoms with Crippen LogP contribution in [0.5, 0.6) is 0 Å². The van der Waals surface area contributed by atoms with E-state index in [0.717, 1.165) is 38.8 Å². The van der Waals surface area contributed by atoms with Gasteiger partial charge in [0.05, 0.1) is 12.0 Å². The first kappa shape index (κ1) is 12.8. The summed E-state index contributed by atoms with van der Waals surface area (Å²) in [6.45, 7) is 4.22. The summed E-state index contributed by atoms with van der Waals surface area (Å²) in [5.74, 6) is 0.376. The molecule has 2 rings (SSSR count). The number of carbonyl (C=O) groups is 1. The molecule has 0 spiro atoms. The highest BCUT2D eigenvalue weighted by molar-refractivity contribution is 5.80. The lowest BCUT2D eigenvalue weighted by Crippen LogP contribution is -2.48. The smallest absolute Gasteiger partial charge is 0.228 e. The summed E-state index contributed by atoms with van der Waals surface area (Å²) in [6, 6.07) is 0.474. The van der Waals surface area contributed by atoms with Crippen LogP contribution < -0.4 is 5.73 Å². The summed E-state index contributed by atoms with van der Waals surface area (Å²) in [4.78, 5) is 14.6. The zero-order valence-electron chi connectivity index (χ0n) is 10.7. The van der Waals surface area contributed by atoms with Gasteiger partial charge < -0.3 is 15.4 Å². The largest absolute Gasteiger partial charge is 0.378 e. The fourth-order valence-corrected chi connectivity index (χ4v) is 2.70. The minimum Gasteiger partial charge on any atom is -0.378 e. The van der Waals surface area contributed by atoms with E-state index in [0.29, 0.717) is 18.5 Å². The van der Waals surface area contributed by atoms with E-state index < -0.39 is 0 Å². The predicted molar refractivity (Wildman–Crippen MR) is 66.5 cm³/mol. The van der Waals surface area contributed by atoms with Crippen LogP contribution in [-0.2, 0) is 9.53 Å². The van der Waals surface area contributed by atoms with Gasteiger partial charge in [-0.3, -0.25) is 4.79 Å². The van der Waals surface area contributed by atoms with Crippen molar-refractivity contribution < 1.29 is 9.53 Å². The summed E-state index contributed by atoms with van der Waals surface area (Å²) >= 11 is 0. The van der Waals surface area contributed by atoms with Crippen LogP contribution >= 0.6 is 0 Å². The van der Waals surface area contributed by atoms with Gasteiger partial charge in [-0.25, -0.2) is 0 Å². The maximum absolute atomic E-state index is 12.5. The van der Waals surface area contributed by atoms with E-state index >= 15 is 0 Å². The highest BCUT2D eigenvalue weighted by atomic mass is 16.5. The lowest BCUT2D eigenvalue weighted by Gasteiger charge is -2.39. The van der Waals surface area contributed by atoms with Gasteiger partial charge in [0.2, 0.25) is 5.91 Å². The number of nitrogens with two attached hydrogens (primary N) is 1. The Kier molecular flexibility index (Phi) is 4.40. The molecule has 4 nitrogen and oxygen atoms in total. The SMILES string of the molecule is CC1OCCC1C(=O)N(CCCN)C1CCC1. The molecular weight excluding hydrogens is 216 g/mol. The van der Waals surface area contributed by atoms with Crippen molar-refractivity contribution in [2.24, 2.45) is 11.7 Å². The quantitative estimate of drug-likeness (QED) is 0.784. The third-order valence-electron chi connectivity index (χ3n) is 4.10. The van der Waals surface area contributed by atoms with Gasteiger partial charge >= 0.3 is 0 Å². The average molecular weight is 240 g/mol. The fourth-order valence-electron chi connectivity index (χ4n) is 2.70. The number of hydrogen-bond acceptors (Lipinski definition) is 3. The van der Waals surface area contributed by atoms with Crippen molar-refractivity contribution in [2.45, 2.75) is 51.2 Å². The molecule has 4 heteroatoms. The van der Waals surface area contributed by atoms with Gasteiger partial charge in [-0.05, 0) is 45.6 Å². The molecule has 1 amide bonds. The number of carbonyl (C=O) groups excluding carboxylic acids is 1. The Labute approximate surface area is 103 Å². The summed E-state index contributed by atoms with van der Waals surface area (Å²) in [5.41, 5.74) is 5.55. The summed E-state index contributed by atoms with van der Waals surface area (Å²) in [6.07, 6.45) is 5.46. The van der Waals surface area contributed by atoms with Crippen LogP contribution in [0.2, 0.25) is 0 Å². The maximum Gasteiger partial charge on any atom is 0.228 e. The van der Waals surface area contributed by atoms with Crippen molar-refractivity contribution >= 4 is 5.91 Å². The van der Waals surface area contributed by atoms with Gasteiger partial charge in [-0.2, -0.15) is 0 Å². The minimum absolute atomic E-state index is 0.0772. The summed E-state index contributed by atoms with van der Waals surface area (Å²) in [5, 5.41) is 0. The number of nitrogens with zero attached hydrogens (tertiary/aromatic N) is 1. The monoisotopic (exact) mass is 240 g/mol. The van der Waals surface area contributed by atoms with Gasteiger partial charge in [0, 0.05) is 19.2 Å². The molecule has 0 bridgehead atoms. The Morgan fingerprint density at radius 1 is 1.41 bits per heavy atom. The normalized spacial score (nSPS) is 29.1. The molecule has 2 aliphatic rings. The minimum atomic E-state index is 0.0772. The lowest BCUT2D eigenvalue weighted by molar-refractivity contribution is -0.141. The van der Waals surface area contributed by atoms with Crippen LogP contribution in [-0.4, -0.2) is 42.6 Å². The van der Waals surface area contributed by atoms with Crippen LogP contribution in [0.4, 0.5) is 0 Å². The predicted octanol–water partition coefficient (Wildman–Crippen LogP) is 1.14.